The van der Waals surface area contributed by atoms with Crippen LogP contribution in [0.3, 0.4) is 0 Å². The molecule has 1 saturated carbocycles. The molecule has 0 heterocycles. The SMILES string of the molecule is CCOC=O.Oc1ccc(Oc2ccc(F)c3c2CCC3Oc2ccc(C3CC3)cc2)cc1. The molecule has 0 bridgehead atoms. The first-order chi connectivity index (χ1) is 16.1. The molecule has 2 aliphatic rings. The molecule has 6 heteroatoms. The highest BCUT2D eigenvalue weighted by molar-refractivity contribution is 5.48. The third-order valence-corrected chi connectivity index (χ3v) is 5.75. The van der Waals surface area contributed by atoms with E-state index in [-0.39, 0.29) is 17.7 Å². The van der Waals surface area contributed by atoms with Crippen molar-refractivity contribution in [3.8, 4) is 23.0 Å². The van der Waals surface area contributed by atoms with E-state index in [0.717, 1.165) is 11.3 Å². The highest BCUT2D eigenvalue weighted by Gasteiger charge is 2.31. The lowest BCUT2D eigenvalue weighted by atomic mass is 10.1. The van der Waals surface area contributed by atoms with E-state index in [9.17, 15) is 14.3 Å². The Morgan fingerprint density at radius 3 is 2.27 bits per heavy atom. The largest absolute Gasteiger partial charge is 0.508 e. The first kappa shape index (κ1) is 22.6. The second kappa shape index (κ2) is 10.4. The summed E-state index contributed by atoms with van der Waals surface area (Å²) < 4.78 is 30.9. The van der Waals surface area contributed by atoms with Crippen LogP contribution in [0.2, 0.25) is 0 Å². The summed E-state index contributed by atoms with van der Waals surface area (Å²) in [5, 5.41) is 9.42. The molecule has 0 aromatic heterocycles. The number of phenolic OH excluding ortho intramolecular Hbond substituents is 1. The van der Waals surface area contributed by atoms with Gasteiger partial charge < -0.3 is 19.3 Å². The maximum atomic E-state index is 14.6. The van der Waals surface area contributed by atoms with Gasteiger partial charge in [-0.2, -0.15) is 0 Å². The van der Waals surface area contributed by atoms with E-state index in [2.05, 4.69) is 16.9 Å². The lowest BCUT2D eigenvalue weighted by Gasteiger charge is -2.17. The highest BCUT2D eigenvalue weighted by Crippen LogP contribution is 2.43. The summed E-state index contributed by atoms with van der Waals surface area (Å²) in [6.07, 6.45) is 3.64. The second-order valence-electron chi connectivity index (χ2n) is 8.07. The lowest BCUT2D eigenvalue weighted by molar-refractivity contribution is -0.128. The minimum Gasteiger partial charge on any atom is -0.508 e. The van der Waals surface area contributed by atoms with Crippen LogP contribution in [0.15, 0.2) is 60.7 Å². The van der Waals surface area contributed by atoms with E-state index in [4.69, 9.17) is 9.47 Å². The maximum absolute atomic E-state index is 14.6. The molecular formula is C27H27FO5. The van der Waals surface area contributed by atoms with Gasteiger partial charge in [0.15, 0.2) is 0 Å². The average molecular weight is 451 g/mol. The number of phenols is 1. The summed E-state index contributed by atoms with van der Waals surface area (Å²) in [7, 11) is 0. The Morgan fingerprint density at radius 1 is 0.970 bits per heavy atom. The van der Waals surface area contributed by atoms with Crippen LogP contribution >= 0.6 is 0 Å². The average Bonchev–Trinajstić information content (AvgIpc) is 3.59. The molecule has 2 aliphatic carbocycles. The van der Waals surface area contributed by atoms with Crippen molar-refractivity contribution in [3.63, 3.8) is 0 Å². The van der Waals surface area contributed by atoms with E-state index in [1.165, 1.54) is 24.5 Å². The predicted octanol–water partition coefficient (Wildman–Crippen LogP) is 6.45. The number of hydrogen-bond acceptors (Lipinski definition) is 5. The number of hydrogen-bond donors (Lipinski definition) is 1. The zero-order valence-corrected chi connectivity index (χ0v) is 18.5. The fraction of sp³-hybridized carbons (Fsp3) is 0.296. The van der Waals surface area contributed by atoms with Crippen molar-refractivity contribution in [3.05, 3.63) is 83.2 Å². The fourth-order valence-electron chi connectivity index (χ4n) is 3.96. The molecule has 5 rings (SSSR count). The molecular weight excluding hydrogens is 423 g/mol. The number of carbonyl (C=O) groups excluding carboxylic acids is 1. The number of halogens is 1. The molecule has 5 nitrogen and oxygen atoms in total. The van der Waals surface area contributed by atoms with Crippen LogP contribution in [0.25, 0.3) is 0 Å². The molecule has 0 spiro atoms. The van der Waals surface area contributed by atoms with Crippen LogP contribution in [0.5, 0.6) is 23.0 Å². The van der Waals surface area contributed by atoms with Gasteiger partial charge in [-0.25, -0.2) is 4.39 Å². The maximum Gasteiger partial charge on any atom is 0.293 e. The van der Waals surface area contributed by atoms with Crippen LogP contribution in [0, 0.1) is 5.82 Å². The van der Waals surface area contributed by atoms with Gasteiger partial charge in [-0.3, -0.25) is 4.79 Å². The zero-order chi connectivity index (χ0) is 23.2. The topological polar surface area (TPSA) is 65.0 Å². The van der Waals surface area contributed by atoms with E-state index in [0.29, 0.717) is 48.9 Å². The van der Waals surface area contributed by atoms with E-state index in [1.54, 1.807) is 37.3 Å². The van der Waals surface area contributed by atoms with Crippen LogP contribution < -0.4 is 9.47 Å². The van der Waals surface area contributed by atoms with Crippen molar-refractivity contribution >= 4 is 6.47 Å². The normalized spacial score (nSPS) is 16.2. The van der Waals surface area contributed by atoms with E-state index in [1.807, 2.05) is 12.1 Å². The van der Waals surface area contributed by atoms with Crippen molar-refractivity contribution < 1.29 is 28.5 Å². The summed E-state index contributed by atoms with van der Waals surface area (Å²) in [6.45, 7) is 2.66. The zero-order valence-electron chi connectivity index (χ0n) is 18.5. The van der Waals surface area contributed by atoms with Gasteiger partial charge in [-0.15, -0.1) is 0 Å². The van der Waals surface area contributed by atoms with Gasteiger partial charge in [0.25, 0.3) is 6.47 Å². The molecule has 1 N–H and O–H groups in total. The quantitative estimate of drug-likeness (QED) is 0.419. The number of ether oxygens (including phenoxy) is 3. The fourth-order valence-corrected chi connectivity index (χ4v) is 3.96. The first-order valence-electron chi connectivity index (χ1n) is 11.2. The summed E-state index contributed by atoms with van der Waals surface area (Å²) >= 11 is 0. The van der Waals surface area contributed by atoms with Gasteiger partial charge in [0.05, 0.1) is 6.61 Å². The molecule has 0 amide bonds. The van der Waals surface area contributed by atoms with Crippen molar-refractivity contribution in [2.45, 2.75) is 44.6 Å². The summed E-state index contributed by atoms with van der Waals surface area (Å²) in [5.74, 6) is 2.64. The Morgan fingerprint density at radius 2 is 1.67 bits per heavy atom. The van der Waals surface area contributed by atoms with Gasteiger partial charge >= 0.3 is 0 Å². The summed E-state index contributed by atoms with van der Waals surface area (Å²) in [4.78, 5) is 9.18. The first-order valence-corrected chi connectivity index (χ1v) is 11.2. The van der Waals surface area contributed by atoms with Crippen molar-refractivity contribution in [1.29, 1.82) is 0 Å². The predicted molar refractivity (Wildman–Crippen MR) is 122 cm³/mol. The minimum atomic E-state index is -0.315. The Bertz CT molecular complexity index is 1070. The van der Waals surface area contributed by atoms with Gasteiger partial charge in [0.2, 0.25) is 0 Å². The Hall–Kier alpha value is -3.54. The molecule has 3 aromatic rings. The summed E-state index contributed by atoms with van der Waals surface area (Å²) in [5.41, 5.74) is 2.80. The minimum absolute atomic E-state index is 0.179. The van der Waals surface area contributed by atoms with E-state index >= 15 is 0 Å². The van der Waals surface area contributed by atoms with Crippen LogP contribution in [0.4, 0.5) is 4.39 Å². The third-order valence-electron chi connectivity index (χ3n) is 5.75. The Kier molecular flexibility index (Phi) is 7.13. The smallest absolute Gasteiger partial charge is 0.293 e. The van der Waals surface area contributed by atoms with Crippen molar-refractivity contribution in [1.82, 2.24) is 0 Å². The molecule has 33 heavy (non-hydrogen) atoms. The standard InChI is InChI=1S/C24H21FO3.C3H6O2/c25-21-12-14-22(27-19-9-5-17(26)6-10-19)20-11-13-23(24(20)21)28-18-7-3-16(4-8-18)15-1-2-15;1-2-5-3-4/h3-10,12,14-15,23,26H,1-2,11,13H2;3H,2H2,1H3. The lowest BCUT2D eigenvalue weighted by Crippen LogP contribution is -2.06. The molecule has 1 unspecified atom stereocenters. The highest BCUT2D eigenvalue weighted by atomic mass is 19.1. The molecule has 0 saturated heterocycles. The van der Waals surface area contributed by atoms with Gasteiger partial charge in [-0.05, 0) is 92.6 Å². The van der Waals surface area contributed by atoms with Gasteiger partial charge in [0, 0.05) is 11.1 Å². The van der Waals surface area contributed by atoms with Crippen LogP contribution in [0.1, 0.15) is 54.9 Å². The molecule has 1 atom stereocenters. The number of carbonyl (C=O) groups is 1. The second-order valence-corrected chi connectivity index (χ2v) is 8.07. The third kappa shape index (κ3) is 5.64. The van der Waals surface area contributed by atoms with E-state index < -0.39 is 0 Å². The molecule has 1 fully saturated rings. The molecule has 0 aliphatic heterocycles. The van der Waals surface area contributed by atoms with Crippen molar-refractivity contribution in [2.75, 3.05) is 6.61 Å². The molecule has 3 aromatic carbocycles. The van der Waals surface area contributed by atoms with Gasteiger partial charge in [0.1, 0.15) is 34.9 Å². The van der Waals surface area contributed by atoms with Gasteiger partial charge in [-0.1, -0.05) is 12.1 Å². The Labute approximate surface area is 192 Å². The number of rotatable bonds is 7. The Balaban J connectivity index is 0.000000471. The number of fused-ring (bicyclic) bond motifs is 1. The molecule has 0 radical (unpaired) electrons. The van der Waals surface area contributed by atoms with Crippen molar-refractivity contribution in [2.24, 2.45) is 0 Å². The van der Waals surface area contributed by atoms with Crippen LogP contribution in [-0.4, -0.2) is 18.2 Å². The van der Waals surface area contributed by atoms with Crippen LogP contribution in [-0.2, 0) is 16.0 Å². The monoisotopic (exact) mass is 450 g/mol. The number of aromatic hydroxyl groups is 1. The summed E-state index contributed by atoms with van der Waals surface area (Å²) in [6, 6.07) is 17.8. The molecule has 172 valence electrons. The number of benzene rings is 3.